The third kappa shape index (κ3) is 9.34. The summed E-state index contributed by atoms with van der Waals surface area (Å²) in [4.78, 5) is 60.0. The molecule has 3 amide bonds. The van der Waals surface area contributed by atoms with Crippen LogP contribution in [0.2, 0.25) is 0 Å². The Labute approximate surface area is 469 Å². The number of aliphatic imine (C=N–C) groups is 1. The Morgan fingerprint density at radius 1 is 0.476 bits per heavy atom. The van der Waals surface area contributed by atoms with Crippen molar-refractivity contribution in [3.05, 3.63) is 147 Å². The molecule has 3 saturated carbocycles. The van der Waals surface area contributed by atoms with Crippen molar-refractivity contribution < 1.29 is 69.1 Å². The normalized spacial score (nSPS) is 16.9. The van der Waals surface area contributed by atoms with E-state index >= 15 is 0 Å². The number of hydrogen-bond acceptors (Lipinski definition) is 13. The molecule has 3 aromatic carbocycles. The second-order valence-corrected chi connectivity index (χ2v) is 20.3. The molecule has 16 nitrogen and oxygen atoms in total. The summed E-state index contributed by atoms with van der Waals surface area (Å²) in [6.07, 6.45) is 12.0. The topological polar surface area (TPSA) is 167 Å². The van der Waals surface area contributed by atoms with Crippen LogP contribution in [0.4, 0.5) is 43.4 Å². The highest BCUT2D eigenvalue weighted by molar-refractivity contribution is 6.07. The van der Waals surface area contributed by atoms with Crippen molar-refractivity contribution in [3.63, 3.8) is 0 Å². The quantitative estimate of drug-likeness (QED) is 0.0891. The van der Waals surface area contributed by atoms with Crippen LogP contribution in [-0.2, 0) is 50.3 Å². The highest BCUT2D eigenvalue weighted by Gasteiger charge is 2.60. The number of ether oxygens (including phenoxy) is 6. The number of aryl methyl sites for hydroxylation is 1. The zero-order valence-electron chi connectivity index (χ0n) is 45.5. The fourth-order valence-electron chi connectivity index (χ4n) is 11.2. The number of benzene rings is 3. The molecule has 0 saturated heterocycles. The van der Waals surface area contributed by atoms with Crippen LogP contribution >= 0.6 is 0 Å². The maximum Gasteiger partial charge on any atom is 0.238 e. The fourth-order valence-corrected chi connectivity index (χ4v) is 11.2. The molecule has 6 heterocycles. The average molecular weight is 1140 g/mol. The van der Waals surface area contributed by atoms with Crippen LogP contribution in [0.5, 0.6) is 34.5 Å². The number of anilines is 3. The lowest BCUT2D eigenvalue weighted by Gasteiger charge is -2.35. The molecular formula is C60H59F6N7O9. The summed E-state index contributed by atoms with van der Waals surface area (Å²) in [5.74, 6) is -7.64. The van der Waals surface area contributed by atoms with Gasteiger partial charge in [-0.3, -0.25) is 34.3 Å². The number of rotatable bonds is 11. The summed E-state index contributed by atoms with van der Waals surface area (Å²) in [5.41, 5.74) is 3.48. The van der Waals surface area contributed by atoms with Gasteiger partial charge in [-0.2, -0.15) is 0 Å². The maximum atomic E-state index is 15.0. The minimum Gasteiger partial charge on any atom is -0.493 e. The van der Waals surface area contributed by atoms with Crippen molar-refractivity contribution in [3.8, 4) is 34.5 Å². The molecule has 22 heteroatoms. The first-order valence-corrected chi connectivity index (χ1v) is 25.6. The minimum atomic E-state index is -0.934. The van der Waals surface area contributed by atoms with Crippen molar-refractivity contribution in [1.29, 1.82) is 0 Å². The van der Waals surface area contributed by atoms with Gasteiger partial charge in [0.25, 0.3) is 0 Å². The van der Waals surface area contributed by atoms with E-state index < -0.39 is 68.2 Å². The molecular weight excluding hydrogens is 1080 g/mol. The number of halogens is 6. The number of methoxy groups -OCH3 is 6. The van der Waals surface area contributed by atoms with Gasteiger partial charge in [-0.25, -0.2) is 26.3 Å². The molecule has 12 rings (SSSR count). The highest BCUT2D eigenvalue weighted by Crippen LogP contribution is 2.58. The Balaban J connectivity index is 0.000000147. The number of carbonyl (C=O) groups excluding carboxylic acids is 3. The summed E-state index contributed by atoms with van der Waals surface area (Å²) in [5, 5.41) is 0. The van der Waals surface area contributed by atoms with Gasteiger partial charge in [-0.05, 0) is 103 Å². The summed E-state index contributed by atoms with van der Waals surface area (Å²) in [6.45, 7) is 5.64. The molecule has 3 aliphatic heterocycles. The lowest BCUT2D eigenvalue weighted by molar-refractivity contribution is -0.122. The number of fused-ring (bicyclic) bond motifs is 6. The standard InChI is InChI=1S/C20H19F2N3O3.C20H18F2N2O3.C19H18F2N2O3.CH4/c1-23-9-12-6-13-11(8-24-12)10-25(19(26)20(13)4-5-20)18-16(21)14(27-2)7-15(28-3)17(18)22;1-4-12-7-13-11(9-23-12)10-24(19(25)20(13)5-6-20)18-16(21)14(26-2)8-15(27-3)17(18)22;1-10-6-12-11(8-22-10)9-23(18(24)19(12)4-5-19)17-15(20)13(25-2)7-14(26-3)16(17)21;/h6-9H,4-5,10H2,1-3H3;4,7-9H,1,5-6,10H2,2-3H3;6-8H,4-5,9H2,1-3H3;1H4. The fraction of sp³-hybridized carbons (Fsp3) is 0.350. The van der Waals surface area contributed by atoms with Crippen molar-refractivity contribution in [2.75, 3.05) is 64.4 Å². The molecule has 0 radical (unpaired) electrons. The molecule has 3 aromatic heterocycles. The van der Waals surface area contributed by atoms with Crippen LogP contribution < -0.4 is 43.1 Å². The SMILES string of the molecule is C.C=Cc1cc2c(cn1)CN(c1c(F)c(OC)cc(OC)c1F)C(=O)C21CC1.CN=Cc1cc2c(cn1)CN(c1c(F)c(OC)cc(OC)c1F)C(=O)C21CC1.COc1cc(OC)c(F)c(N2Cc3cnc(C)cc3C3(CC3)C2=O)c1F. The van der Waals surface area contributed by atoms with Crippen LogP contribution in [0.15, 0.2) is 66.6 Å². The number of pyridine rings is 3. The van der Waals surface area contributed by atoms with Gasteiger partial charge in [0.1, 0.15) is 17.1 Å². The van der Waals surface area contributed by atoms with Crippen LogP contribution in [0.1, 0.15) is 96.4 Å². The summed E-state index contributed by atoms with van der Waals surface area (Å²) >= 11 is 0. The molecule has 6 aliphatic rings. The van der Waals surface area contributed by atoms with Crippen molar-refractivity contribution in [2.45, 2.75) is 88.8 Å². The molecule has 0 atom stereocenters. The van der Waals surface area contributed by atoms with Gasteiger partial charge in [0.2, 0.25) is 17.7 Å². The molecule has 0 N–H and O–H groups in total. The molecule has 6 aromatic rings. The van der Waals surface area contributed by atoms with Gasteiger partial charge in [-0.15, -0.1) is 0 Å². The first kappa shape index (κ1) is 58.0. The lowest BCUT2D eigenvalue weighted by atomic mass is 9.86. The molecule has 430 valence electrons. The van der Waals surface area contributed by atoms with Crippen molar-refractivity contribution >= 4 is 47.1 Å². The first-order chi connectivity index (χ1) is 38.8. The molecule has 0 unspecified atom stereocenters. The van der Waals surface area contributed by atoms with Gasteiger partial charge in [0, 0.05) is 55.7 Å². The van der Waals surface area contributed by atoms with E-state index in [9.17, 15) is 40.7 Å². The van der Waals surface area contributed by atoms with E-state index in [1.54, 1.807) is 37.9 Å². The van der Waals surface area contributed by atoms with Crippen molar-refractivity contribution in [2.24, 2.45) is 4.99 Å². The Hall–Kier alpha value is -8.69. The van der Waals surface area contributed by atoms with E-state index in [1.165, 1.54) is 42.7 Å². The number of hydrogen-bond donors (Lipinski definition) is 0. The van der Waals surface area contributed by atoms with E-state index in [0.717, 1.165) is 72.0 Å². The van der Waals surface area contributed by atoms with E-state index in [2.05, 4.69) is 26.5 Å². The molecule has 3 fully saturated rings. The minimum absolute atomic E-state index is 0. The van der Waals surface area contributed by atoms with Gasteiger partial charge in [0.05, 0.1) is 89.9 Å². The second-order valence-electron chi connectivity index (χ2n) is 20.3. The van der Waals surface area contributed by atoms with Gasteiger partial charge in [-0.1, -0.05) is 14.0 Å². The predicted octanol–water partition coefficient (Wildman–Crippen LogP) is 10.5. The Bertz CT molecular complexity index is 3560. The Kier molecular flexibility index (Phi) is 15.5. The number of nitrogens with zero attached hydrogens (tertiary/aromatic N) is 7. The third-order valence-corrected chi connectivity index (χ3v) is 15.8. The van der Waals surface area contributed by atoms with Gasteiger partial charge >= 0.3 is 0 Å². The summed E-state index contributed by atoms with van der Waals surface area (Å²) in [7, 11) is 9.30. The van der Waals surface area contributed by atoms with E-state index in [1.807, 2.05) is 25.1 Å². The zero-order valence-corrected chi connectivity index (χ0v) is 45.5. The molecule has 82 heavy (non-hydrogen) atoms. The maximum absolute atomic E-state index is 15.0. The number of amides is 3. The van der Waals surface area contributed by atoms with E-state index in [4.69, 9.17) is 28.4 Å². The number of aromatic nitrogens is 3. The van der Waals surface area contributed by atoms with Crippen LogP contribution in [-0.4, -0.2) is 88.6 Å². The van der Waals surface area contributed by atoms with Crippen LogP contribution in [0.25, 0.3) is 6.08 Å². The van der Waals surface area contributed by atoms with Gasteiger partial charge < -0.3 is 43.1 Å². The predicted molar refractivity (Wildman–Crippen MR) is 292 cm³/mol. The van der Waals surface area contributed by atoms with Crippen LogP contribution in [0.3, 0.4) is 0 Å². The van der Waals surface area contributed by atoms with E-state index in [0.29, 0.717) is 49.9 Å². The summed E-state index contributed by atoms with van der Waals surface area (Å²) < 4.78 is 120. The van der Waals surface area contributed by atoms with E-state index in [-0.39, 0.29) is 79.3 Å². The first-order valence-electron chi connectivity index (χ1n) is 25.6. The largest absolute Gasteiger partial charge is 0.493 e. The molecule has 3 spiro atoms. The summed E-state index contributed by atoms with van der Waals surface area (Å²) in [6, 6.07) is 8.96. The number of carbonyl (C=O) groups is 3. The average Bonchev–Trinajstić information content (AvgIpc) is 3.30. The highest BCUT2D eigenvalue weighted by atomic mass is 19.2. The third-order valence-electron chi connectivity index (χ3n) is 15.8. The smallest absolute Gasteiger partial charge is 0.238 e. The lowest BCUT2D eigenvalue weighted by Crippen LogP contribution is -2.45. The monoisotopic (exact) mass is 1140 g/mol. The zero-order chi connectivity index (χ0) is 58.0. The van der Waals surface area contributed by atoms with Gasteiger partial charge in [0.15, 0.2) is 69.4 Å². The van der Waals surface area contributed by atoms with Crippen molar-refractivity contribution in [1.82, 2.24) is 15.0 Å². The molecule has 0 bridgehead atoms. The molecule has 3 aliphatic carbocycles. The second kappa shape index (κ2) is 22.0. The Morgan fingerprint density at radius 3 is 1.04 bits per heavy atom. The Morgan fingerprint density at radius 2 is 0.756 bits per heavy atom. The van der Waals surface area contributed by atoms with Crippen LogP contribution in [0, 0.1) is 41.8 Å².